The molecule has 0 bridgehead atoms. The van der Waals surface area contributed by atoms with Gasteiger partial charge in [-0.2, -0.15) is 0 Å². The molecule has 11 heavy (non-hydrogen) atoms. The molecule has 0 aromatic rings. The van der Waals surface area contributed by atoms with Crippen molar-refractivity contribution in [2.75, 3.05) is 39.3 Å². The Morgan fingerprint density at radius 3 is 1.36 bits per heavy atom. The van der Waals surface area contributed by atoms with Crippen LogP contribution in [0.4, 0.5) is 0 Å². The average Bonchev–Trinajstić information content (AvgIpc) is 2.10. The molecule has 1 saturated heterocycles. The van der Waals surface area contributed by atoms with Gasteiger partial charge in [0.05, 0.1) is 0 Å². The van der Waals surface area contributed by atoms with Crippen molar-refractivity contribution in [1.29, 1.82) is 0 Å². The highest BCUT2D eigenvalue weighted by Gasteiger charge is 1.91. The third-order valence-electron chi connectivity index (χ3n) is 1.46. The molecule has 0 radical (unpaired) electrons. The summed E-state index contributed by atoms with van der Waals surface area (Å²) in [7, 11) is 0. The molecule has 0 spiro atoms. The number of hydrogen-bond acceptors (Lipinski definition) is 3. The van der Waals surface area contributed by atoms with Crippen LogP contribution in [0.1, 0.15) is 13.8 Å². The molecule has 0 atom stereocenters. The van der Waals surface area contributed by atoms with Crippen molar-refractivity contribution in [1.82, 2.24) is 16.0 Å². The van der Waals surface area contributed by atoms with E-state index in [4.69, 9.17) is 0 Å². The lowest BCUT2D eigenvalue weighted by molar-refractivity contribution is 0.534. The summed E-state index contributed by atoms with van der Waals surface area (Å²) in [6.45, 7) is 10.9. The Hall–Kier alpha value is -0.120. The van der Waals surface area contributed by atoms with Crippen LogP contribution in [0.5, 0.6) is 0 Å². The van der Waals surface area contributed by atoms with E-state index < -0.39 is 0 Å². The van der Waals surface area contributed by atoms with Crippen LogP contribution in [0.2, 0.25) is 0 Å². The van der Waals surface area contributed by atoms with Crippen LogP contribution in [0.15, 0.2) is 0 Å². The van der Waals surface area contributed by atoms with Crippen molar-refractivity contribution >= 4 is 0 Å². The summed E-state index contributed by atoms with van der Waals surface area (Å²) in [6.07, 6.45) is 0. The number of rotatable bonds is 2. The SMILES string of the molecule is C1CNCCN1.CCNCC. The third kappa shape index (κ3) is 9.88. The molecule has 1 fully saturated rings. The first kappa shape index (κ1) is 10.9. The van der Waals surface area contributed by atoms with Crippen LogP contribution in [0.3, 0.4) is 0 Å². The summed E-state index contributed by atoms with van der Waals surface area (Å²) in [5.74, 6) is 0. The van der Waals surface area contributed by atoms with Crippen LogP contribution in [-0.2, 0) is 0 Å². The number of hydrogen-bond donors (Lipinski definition) is 3. The second-order valence-electron chi connectivity index (χ2n) is 2.46. The first-order valence-electron chi connectivity index (χ1n) is 4.54. The summed E-state index contributed by atoms with van der Waals surface area (Å²) >= 11 is 0. The van der Waals surface area contributed by atoms with Gasteiger partial charge in [0.2, 0.25) is 0 Å². The maximum Gasteiger partial charge on any atom is 0.00772 e. The van der Waals surface area contributed by atoms with Crippen molar-refractivity contribution in [3.63, 3.8) is 0 Å². The molecule has 3 N–H and O–H groups in total. The molecule has 0 aromatic heterocycles. The summed E-state index contributed by atoms with van der Waals surface area (Å²) in [5.41, 5.74) is 0. The van der Waals surface area contributed by atoms with Gasteiger partial charge in [-0.05, 0) is 13.1 Å². The molecule has 0 amide bonds. The van der Waals surface area contributed by atoms with Crippen LogP contribution in [0, 0.1) is 0 Å². The van der Waals surface area contributed by atoms with Gasteiger partial charge in [0.1, 0.15) is 0 Å². The monoisotopic (exact) mass is 159 g/mol. The molecule has 1 aliphatic heterocycles. The lowest BCUT2D eigenvalue weighted by atomic mass is 10.4. The predicted octanol–water partition coefficient (Wildman–Crippen LogP) is -0.205. The molecule has 1 rings (SSSR count). The number of nitrogens with one attached hydrogen (secondary N) is 3. The van der Waals surface area contributed by atoms with E-state index in [0.29, 0.717) is 0 Å². The maximum absolute atomic E-state index is 3.22. The fourth-order valence-corrected chi connectivity index (χ4v) is 0.854. The Labute approximate surface area is 69.9 Å². The van der Waals surface area contributed by atoms with Gasteiger partial charge in [0.25, 0.3) is 0 Å². The molecular weight excluding hydrogens is 138 g/mol. The van der Waals surface area contributed by atoms with Gasteiger partial charge >= 0.3 is 0 Å². The summed E-state index contributed by atoms with van der Waals surface area (Å²) in [5, 5.41) is 9.56. The second kappa shape index (κ2) is 9.88. The summed E-state index contributed by atoms with van der Waals surface area (Å²) in [4.78, 5) is 0. The topological polar surface area (TPSA) is 36.1 Å². The molecule has 0 aromatic carbocycles. The van der Waals surface area contributed by atoms with E-state index in [1.807, 2.05) is 0 Å². The van der Waals surface area contributed by atoms with E-state index >= 15 is 0 Å². The van der Waals surface area contributed by atoms with Crippen LogP contribution in [0.25, 0.3) is 0 Å². The lowest BCUT2D eigenvalue weighted by Crippen LogP contribution is -2.39. The van der Waals surface area contributed by atoms with E-state index in [0.717, 1.165) is 39.3 Å². The van der Waals surface area contributed by atoms with Crippen molar-refractivity contribution < 1.29 is 0 Å². The largest absolute Gasteiger partial charge is 0.317 e. The van der Waals surface area contributed by atoms with Gasteiger partial charge in [-0.25, -0.2) is 0 Å². The molecular formula is C8H21N3. The van der Waals surface area contributed by atoms with E-state index in [9.17, 15) is 0 Å². The van der Waals surface area contributed by atoms with Gasteiger partial charge in [0.15, 0.2) is 0 Å². The molecule has 3 heteroatoms. The molecule has 1 heterocycles. The van der Waals surface area contributed by atoms with Crippen molar-refractivity contribution in [2.45, 2.75) is 13.8 Å². The smallest absolute Gasteiger partial charge is 0.00772 e. The van der Waals surface area contributed by atoms with Crippen LogP contribution < -0.4 is 16.0 Å². The van der Waals surface area contributed by atoms with Gasteiger partial charge in [-0.15, -0.1) is 0 Å². The van der Waals surface area contributed by atoms with Crippen molar-refractivity contribution in [3.8, 4) is 0 Å². The molecule has 1 aliphatic rings. The highest BCUT2D eigenvalue weighted by molar-refractivity contribution is 4.59. The zero-order valence-corrected chi connectivity index (χ0v) is 7.74. The molecule has 68 valence electrons. The minimum Gasteiger partial charge on any atom is -0.317 e. The minimum atomic E-state index is 1.09. The third-order valence-corrected chi connectivity index (χ3v) is 1.46. The standard InChI is InChI=1S/C4H10N2.C4H11N/c1-2-6-4-3-5-1;1-3-5-4-2/h5-6H,1-4H2;5H,3-4H2,1-2H3. The van der Waals surface area contributed by atoms with Gasteiger partial charge in [0, 0.05) is 26.2 Å². The molecule has 0 unspecified atom stereocenters. The summed E-state index contributed by atoms with van der Waals surface area (Å²) in [6, 6.07) is 0. The molecule has 0 saturated carbocycles. The normalized spacial score (nSPS) is 16.9. The Morgan fingerprint density at radius 2 is 1.27 bits per heavy atom. The number of piperazine rings is 1. The first-order valence-corrected chi connectivity index (χ1v) is 4.54. The minimum absolute atomic E-state index is 1.09. The van der Waals surface area contributed by atoms with Crippen LogP contribution in [-0.4, -0.2) is 39.3 Å². The Kier molecular flexibility index (Phi) is 9.77. The van der Waals surface area contributed by atoms with Gasteiger partial charge < -0.3 is 16.0 Å². The average molecular weight is 159 g/mol. The van der Waals surface area contributed by atoms with Gasteiger partial charge in [-0.3, -0.25) is 0 Å². The highest BCUT2D eigenvalue weighted by atomic mass is 15.0. The second-order valence-corrected chi connectivity index (χ2v) is 2.46. The van der Waals surface area contributed by atoms with Crippen molar-refractivity contribution in [2.24, 2.45) is 0 Å². The Balaban J connectivity index is 0.000000187. The predicted molar refractivity (Wildman–Crippen MR) is 50.0 cm³/mol. The van der Waals surface area contributed by atoms with E-state index in [1.54, 1.807) is 0 Å². The van der Waals surface area contributed by atoms with E-state index in [1.165, 1.54) is 0 Å². The maximum atomic E-state index is 3.22. The quantitative estimate of drug-likeness (QED) is 0.522. The Bertz CT molecular complexity index is 48.8. The first-order chi connectivity index (χ1) is 5.41. The molecule has 3 nitrogen and oxygen atoms in total. The lowest BCUT2D eigenvalue weighted by Gasteiger charge is -2.11. The van der Waals surface area contributed by atoms with E-state index in [2.05, 4.69) is 29.8 Å². The van der Waals surface area contributed by atoms with Gasteiger partial charge in [-0.1, -0.05) is 13.8 Å². The summed E-state index contributed by atoms with van der Waals surface area (Å²) < 4.78 is 0. The zero-order chi connectivity index (χ0) is 8.36. The highest BCUT2D eigenvalue weighted by Crippen LogP contribution is 1.65. The zero-order valence-electron chi connectivity index (χ0n) is 7.74. The molecule has 0 aliphatic carbocycles. The van der Waals surface area contributed by atoms with Crippen LogP contribution >= 0.6 is 0 Å². The van der Waals surface area contributed by atoms with Crippen molar-refractivity contribution in [3.05, 3.63) is 0 Å². The van der Waals surface area contributed by atoms with E-state index in [-0.39, 0.29) is 0 Å². The fraction of sp³-hybridized carbons (Fsp3) is 1.00. The fourth-order valence-electron chi connectivity index (χ4n) is 0.854. The Morgan fingerprint density at radius 1 is 0.909 bits per heavy atom.